The fourth-order valence-electron chi connectivity index (χ4n) is 2.19. The monoisotopic (exact) mass is 317 g/mol. The van der Waals surface area contributed by atoms with E-state index < -0.39 is 0 Å². The molecule has 1 amide bonds. The minimum atomic E-state index is 0.00879. The third kappa shape index (κ3) is 2.61. The Bertz CT molecular complexity index is 615. The lowest BCUT2D eigenvalue weighted by Crippen LogP contribution is -2.37. The number of hydrogen-bond acceptors (Lipinski definition) is 3. The molecule has 19 heavy (non-hydrogen) atoms. The van der Waals surface area contributed by atoms with Crippen molar-refractivity contribution in [1.29, 1.82) is 0 Å². The van der Waals surface area contributed by atoms with Gasteiger partial charge < -0.3 is 10.2 Å². The summed E-state index contributed by atoms with van der Waals surface area (Å²) in [6.45, 7) is 1.04. The number of amides is 1. The molecule has 0 saturated heterocycles. The van der Waals surface area contributed by atoms with Gasteiger partial charge in [0.15, 0.2) is 0 Å². The Kier molecular flexibility index (Phi) is 3.21. The molecule has 1 aromatic carbocycles. The number of halogens is 1. The number of benzene rings is 1. The van der Waals surface area contributed by atoms with Crippen LogP contribution in [0.1, 0.15) is 5.56 Å². The van der Waals surface area contributed by atoms with Crippen LogP contribution in [-0.2, 0) is 11.3 Å². The van der Waals surface area contributed by atoms with Gasteiger partial charge in [0.2, 0.25) is 5.91 Å². The van der Waals surface area contributed by atoms with E-state index >= 15 is 0 Å². The number of fused-ring (bicyclic) bond motifs is 1. The summed E-state index contributed by atoms with van der Waals surface area (Å²) in [5.74, 6) is 0.00879. The number of anilines is 2. The van der Waals surface area contributed by atoms with Crippen LogP contribution < -0.4 is 10.2 Å². The van der Waals surface area contributed by atoms with E-state index in [9.17, 15) is 4.79 Å². The third-order valence-electron chi connectivity index (χ3n) is 3.00. The van der Waals surface area contributed by atoms with Crippen molar-refractivity contribution in [2.45, 2.75) is 6.54 Å². The zero-order chi connectivity index (χ0) is 13.2. The van der Waals surface area contributed by atoms with Crippen LogP contribution in [0.5, 0.6) is 0 Å². The first kappa shape index (κ1) is 12.2. The first-order valence-corrected chi connectivity index (χ1v) is 6.75. The molecule has 0 saturated carbocycles. The van der Waals surface area contributed by atoms with Gasteiger partial charge in [-0.1, -0.05) is 22.0 Å². The van der Waals surface area contributed by atoms with E-state index in [1.807, 2.05) is 36.5 Å². The molecule has 0 atom stereocenters. The molecule has 1 aromatic heterocycles. The van der Waals surface area contributed by atoms with Gasteiger partial charge in [-0.2, -0.15) is 0 Å². The van der Waals surface area contributed by atoms with Gasteiger partial charge in [0.1, 0.15) is 0 Å². The third-order valence-corrected chi connectivity index (χ3v) is 3.50. The second-order valence-electron chi connectivity index (χ2n) is 4.43. The summed E-state index contributed by atoms with van der Waals surface area (Å²) < 4.78 is 0.953. The number of nitrogens with one attached hydrogen (secondary N) is 1. The van der Waals surface area contributed by atoms with Crippen LogP contribution in [0.4, 0.5) is 11.4 Å². The van der Waals surface area contributed by atoms with Crippen molar-refractivity contribution in [3.05, 3.63) is 52.8 Å². The molecule has 0 bridgehead atoms. The molecular weight excluding hydrogens is 306 g/mol. The molecule has 0 aliphatic carbocycles. The Hall–Kier alpha value is -1.88. The molecule has 1 N–H and O–H groups in total. The first-order valence-electron chi connectivity index (χ1n) is 5.95. The standard InChI is InChI=1S/C14H12BrN3O/c15-11-3-4-13-12(6-11)17-14(19)9-18(13)8-10-2-1-5-16-7-10/h1-7H,8-9H2,(H,17,19). The number of aromatic nitrogens is 1. The van der Waals surface area contributed by atoms with Crippen LogP contribution in [0.2, 0.25) is 0 Å². The Morgan fingerprint density at radius 2 is 2.26 bits per heavy atom. The molecule has 1 aliphatic rings. The van der Waals surface area contributed by atoms with E-state index in [0.717, 1.165) is 21.4 Å². The van der Waals surface area contributed by atoms with Crippen LogP contribution in [0.3, 0.4) is 0 Å². The summed E-state index contributed by atoms with van der Waals surface area (Å²) in [5.41, 5.74) is 2.97. The molecular formula is C14H12BrN3O. The van der Waals surface area contributed by atoms with E-state index in [1.54, 1.807) is 6.20 Å². The van der Waals surface area contributed by atoms with Crippen molar-refractivity contribution in [3.63, 3.8) is 0 Å². The Morgan fingerprint density at radius 3 is 3.05 bits per heavy atom. The predicted molar refractivity (Wildman–Crippen MR) is 78.1 cm³/mol. The molecule has 0 spiro atoms. The lowest BCUT2D eigenvalue weighted by Gasteiger charge is -2.31. The lowest BCUT2D eigenvalue weighted by molar-refractivity contribution is -0.115. The summed E-state index contributed by atoms with van der Waals surface area (Å²) in [5, 5.41) is 2.89. The Labute approximate surface area is 119 Å². The van der Waals surface area contributed by atoms with E-state index in [0.29, 0.717) is 13.1 Å². The summed E-state index contributed by atoms with van der Waals surface area (Å²) in [6, 6.07) is 9.82. The normalized spacial score (nSPS) is 13.9. The molecule has 0 unspecified atom stereocenters. The van der Waals surface area contributed by atoms with Crippen molar-refractivity contribution in [3.8, 4) is 0 Å². The number of carbonyl (C=O) groups excluding carboxylic acids is 1. The summed E-state index contributed by atoms with van der Waals surface area (Å²) >= 11 is 3.42. The molecule has 0 fully saturated rings. The molecule has 4 nitrogen and oxygen atoms in total. The molecule has 2 aromatic rings. The van der Waals surface area contributed by atoms with Gasteiger partial charge in [-0.3, -0.25) is 9.78 Å². The summed E-state index contributed by atoms with van der Waals surface area (Å²) in [7, 11) is 0. The van der Waals surface area contributed by atoms with Gasteiger partial charge in [-0.15, -0.1) is 0 Å². The van der Waals surface area contributed by atoms with Gasteiger partial charge in [0.05, 0.1) is 17.9 Å². The maximum Gasteiger partial charge on any atom is 0.243 e. The molecule has 2 heterocycles. The SMILES string of the molecule is O=C1CN(Cc2cccnc2)c2ccc(Br)cc2N1. The smallest absolute Gasteiger partial charge is 0.243 e. The van der Waals surface area contributed by atoms with Crippen molar-refractivity contribution >= 4 is 33.2 Å². The Morgan fingerprint density at radius 1 is 1.37 bits per heavy atom. The molecule has 96 valence electrons. The lowest BCUT2D eigenvalue weighted by atomic mass is 10.1. The number of pyridine rings is 1. The highest BCUT2D eigenvalue weighted by Crippen LogP contribution is 2.32. The van der Waals surface area contributed by atoms with Gasteiger partial charge in [-0.05, 0) is 29.8 Å². The first-order chi connectivity index (χ1) is 9.22. The maximum atomic E-state index is 11.8. The quantitative estimate of drug-likeness (QED) is 0.926. The van der Waals surface area contributed by atoms with Crippen LogP contribution in [0.15, 0.2) is 47.2 Å². The fraction of sp³-hybridized carbons (Fsp3) is 0.143. The van der Waals surface area contributed by atoms with Crippen molar-refractivity contribution in [2.24, 2.45) is 0 Å². The largest absolute Gasteiger partial charge is 0.356 e. The number of hydrogen-bond donors (Lipinski definition) is 1. The zero-order valence-electron chi connectivity index (χ0n) is 10.1. The number of rotatable bonds is 2. The van der Waals surface area contributed by atoms with Crippen LogP contribution in [-0.4, -0.2) is 17.4 Å². The summed E-state index contributed by atoms with van der Waals surface area (Å²) in [6.07, 6.45) is 3.57. The van der Waals surface area contributed by atoms with Crippen molar-refractivity contribution in [2.75, 3.05) is 16.8 Å². The van der Waals surface area contributed by atoms with E-state index in [4.69, 9.17) is 0 Å². The van der Waals surface area contributed by atoms with Gasteiger partial charge >= 0.3 is 0 Å². The second kappa shape index (κ2) is 5.01. The van der Waals surface area contributed by atoms with Gasteiger partial charge in [0.25, 0.3) is 0 Å². The van der Waals surface area contributed by atoms with Crippen LogP contribution >= 0.6 is 15.9 Å². The molecule has 1 aliphatic heterocycles. The predicted octanol–water partition coefficient (Wildman–Crippen LogP) is 2.80. The number of nitrogens with zero attached hydrogens (tertiary/aromatic N) is 2. The van der Waals surface area contributed by atoms with Crippen LogP contribution in [0, 0.1) is 0 Å². The highest BCUT2D eigenvalue weighted by atomic mass is 79.9. The van der Waals surface area contributed by atoms with E-state index in [-0.39, 0.29) is 5.91 Å². The van der Waals surface area contributed by atoms with Gasteiger partial charge in [-0.25, -0.2) is 0 Å². The highest BCUT2D eigenvalue weighted by Gasteiger charge is 2.22. The topological polar surface area (TPSA) is 45.2 Å². The molecule has 5 heteroatoms. The van der Waals surface area contributed by atoms with Crippen LogP contribution in [0.25, 0.3) is 0 Å². The van der Waals surface area contributed by atoms with Crippen molar-refractivity contribution < 1.29 is 4.79 Å². The fourth-order valence-corrected chi connectivity index (χ4v) is 2.55. The summed E-state index contributed by atoms with van der Waals surface area (Å²) in [4.78, 5) is 17.9. The highest BCUT2D eigenvalue weighted by molar-refractivity contribution is 9.10. The van der Waals surface area contributed by atoms with Crippen molar-refractivity contribution in [1.82, 2.24) is 4.98 Å². The minimum Gasteiger partial charge on any atom is -0.356 e. The zero-order valence-corrected chi connectivity index (χ0v) is 11.7. The average molecular weight is 318 g/mol. The van der Waals surface area contributed by atoms with E-state index in [1.165, 1.54) is 0 Å². The second-order valence-corrected chi connectivity index (χ2v) is 5.34. The Balaban J connectivity index is 1.93. The van der Waals surface area contributed by atoms with Gasteiger partial charge in [0, 0.05) is 23.4 Å². The van der Waals surface area contributed by atoms with E-state index in [2.05, 4.69) is 31.1 Å². The number of carbonyl (C=O) groups is 1. The molecule has 0 radical (unpaired) electrons. The average Bonchev–Trinajstić information content (AvgIpc) is 2.39. The maximum absolute atomic E-state index is 11.8. The minimum absolute atomic E-state index is 0.00879. The molecule has 3 rings (SSSR count).